The summed E-state index contributed by atoms with van der Waals surface area (Å²) in [5, 5.41) is 3.72. The molecule has 5 heterocycles. The van der Waals surface area contributed by atoms with Crippen molar-refractivity contribution in [1.82, 2.24) is 24.9 Å². The Morgan fingerprint density at radius 3 is 2.63 bits per heavy atom. The van der Waals surface area contributed by atoms with Gasteiger partial charge in [-0.3, -0.25) is 9.59 Å². The summed E-state index contributed by atoms with van der Waals surface area (Å²) >= 11 is 0. The number of piperazine rings is 1. The predicted octanol–water partition coefficient (Wildman–Crippen LogP) is 1.95. The maximum atomic E-state index is 13.0. The highest BCUT2D eigenvalue weighted by Gasteiger charge is 2.48. The zero-order chi connectivity index (χ0) is 20.7. The van der Waals surface area contributed by atoms with Crippen molar-refractivity contribution < 1.29 is 18.8 Å². The molecule has 2 aromatic heterocycles. The van der Waals surface area contributed by atoms with Gasteiger partial charge in [0.1, 0.15) is 18.0 Å². The molecule has 1 aromatic carbocycles. The Bertz CT molecular complexity index is 1050. The number of carbonyl (C=O) groups excluding carboxylic acids is 2. The van der Waals surface area contributed by atoms with Crippen molar-refractivity contribution in [3.05, 3.63) is 59.7 Å². The molecule has 9 heteroatoms. The molecule has 154 valence electrons. The molecule has 6 rings (SSSR count). The monoisotopic (exact) mass is 407 g/mol. The predicted molar refractivity (Wildman–Crippen MR) is 106 cm³/mol. The molecule has 3 aromatic rings. The van der Waals surface area contributed by atoms with E-state index in [9.17, 15) is 9.59 Å². The van der Waals surface area contributed by atoms with Gasteiger partial charge in [-0.25, -0.2) is 4.98 Å². The van der Waals surface area contributed by atoms with E-state index in [-0.39, 0.29) is 30.5 Å². The first-order chi connectivity index (χ1) is 14.7. The van der Waals surface area contributed by atoms with Crippen molar-refractivity contribution in [2.45, 2.75) is 25.1 Å². The van der Waals surface area contributed by atoms with E-state index in [0.717, 1.165) is 17.8 Å². The van der Waals surface area contributed by atoms with Gasteiger partial charge in [0.25, 0.3) is 11.8 Å². The molecular formula is C21H21N5O4. The lowest BCUT2D eigenvalue weighted by atomic mass is 9.86. The van der Waals surface area contributed by atoms with Crippen LogP contribution in [0.3, 0.4) is 0 Å². The molecule has 3 aliphatic heterocycles. The quantitative estimate of drug-likeness (QED) is 0.693. The zero-order valence-corrected chi connectivity index (χ0v) is 16.4. The largest absolute Gasteiger partial charge is 0.377 e. The van der Waals surface area contributed by atoms with Crippen LogP contribution in [0.25, 0.3) is 11.4 Å². The normalized spacial score (nSPS) is 20.2. The second-order valence-electron chi connectivity index (χ2n) is 7.58. The number of H-pyrrole nitrogens is 1. The third-order valence-electron chi connectivity index (χ3n) is 5.77. The molecule has 2 unspecified atom stereocenters. The lowest BCUT2D eigenvalue weighted by molar-refractivity contribution is -0.0398. The Morgan fingerprint density at radius 1 is 1.20 bits per heavy atom. The van der Waals surface area contributed by atoms with E-state index in [4.69, 9.17) is 9.26 Å². The number of nitrogens with zero attached hydrogens (tertiary/aromatic N) is 4. The number of fused-ring (bicyclic) bond motifs is 2. The number of nitrogens with one attached hydrogen (secondary N) is 1. The van der Waals surface area contributed by atoms with Gasteiger partial charge in [0.05, 0.1) is 18.3 Å². The van der Waals surface area contributed by atoms with E-state index in [2.05, 4.69) is 15.1 Å². The molecule has 2 atom stereocenters. The molecule has 3 saturated heterocycles. The number of ether oxygens (including phenoxy) is 1. The van der Waals surface area contributed by atoms with Crippen LogP contribution in [-0.4, -0.2) is 69.0 Å². The van der Waals surface area contributed by atoms with Crippen LogP contribution in [0.5, 0.6) is 0 Å². The molecule has 1 N–H and O–H groups in total. The van der Waals surface area contributed by atoms with Crippen molar-refractivity contribution >= 4 is 11.8 Å². The highest BCUT2D eigenvalue weighted by atomic mass is 16.5. The lowest BCUT2D eigenvalue weighted by Crippen LogP contribution is -2.70. The number of benzene rings is 1. The molecule has 0 spiro atoms. The Hall–Kier alpha value is -3.46. The van der Waals surface area contributed by atoms with Crippen LogP contribution in [0.2, 0.25) is 0 Å². The summed E-state index contributed by atoms with van der Waals surface area (Å²) in [5.41, 5.74) is 1.99. The van der Waals surface area contributed by atoms with E-state index < -0.39 is 0 Å². The minimum absolute atomic E-state index is 0.000561. The molecule has 0 saturated carbocycles. The third-order valence-corrected chi connectivity index (χ3v) is 5.77. The number of aromatic nitrogens is 3. The van der Waals surface area contributed by atoms with Crippen molar-refractivity contribution in [3.63, 3.8) is 0 Å². The van der Waals surface area contributed by atoms with Crippen molar-refractivity contribution in [3.8, 4) is 11.4 Å². The fraction of sp³-hybridized carbons (Fsp3) is 0.333. The van der Waals surface area contributed by atoms with Gasteiger partial charge < -0.3 is 24.0 Å². The first-order valence-electron chi connectivity index (χ1n) is 9.80. The van der Waals surface area contributed by atoms with Crippen LogP contribution in [0, 0.1) is 0 Å². The Kier molecular flexibility index (Phi) is 4.59. The van der Waals surface area contributed by atoms with Crippen LogP contribution < -0.4 is 0 Å². The maximum absolute atomic E-state index is 13.0. The highest BCUT2D eigenvalue weighted by Crippen LogP contribution is 2.34. The van der Waals surface area contributed by atoms with E-state index >= 15 is 0 Å². The number of hydrogen-bond acceptors (Lipinski definition) is 6. The summed E-state index contributed by atoms with van der Waals surface area (Å²) in [5.74, 6) is 1.06. The van der Waals surface area contributed by atoms with Crippen LogP contribution in [-0.2, 0) is 11.3 Å². The second kappa shape index (κ2) is 7.42. The number of hydrogen-bond donors (Lipinski definition) is 1. The summed E-state index contributed by atoms with van der Waals surface area (Å²) in [6.45, 7) is 1.20. The van der Waals surface area contributed by atoms with E-state index in [1.54, 1.807) is 17.3 Å². The number of amides is 2. The molecule has 2 amide bonds. The fourth-order valence-electron chi connectivity index (χ4n) is 4.29. The lowest BCUT2D eigenvalue weighted by Gasteiger charge is -2.56. The summed E-state index contributed by atoms with van der Waals surface area (Å²) in [6, 6.07) is 7.48. The van der Waals surface area contributed by atoms with Gasteiger partial charge in [-0.1, -0.05) is 17.3 Å². The van der Waals surface area contributed by atoms with Gasteiger partial charge in [0.2, 0.25) is 0 Å². The summed E-state index contributed by atoms with van der Waals surface area (Å²) in [7, 11) is 1.54. The number of carbonyl (C=O) groups is 2. The minimum atomic E-state index is -0.132. The Morgan fingerprint density at radius 2 is 1.97 bits per heavy atom. The first kappa shape index (κ1) is 18.6. The van der Waals surface area contributed by atoms with Gasteiger partial charge in [-0.2, -0.15) is 0 Å². The average Bonchev–Trinajstić information content (AvgIpc) is 3.46. The Labute approximate surface area is 172 Å². The number of piperidine rings is 1. The van der Waals surface area contributed by atoms with Gasteiger partial charge in [0, 0.05) is 43.7 Å². The van der Waals surface area contributed by atoms with Crippen molar-refractivity contribution in [2.75, 3.05) is 20.2 Å². The molecule has 30 heavy (non-hydrogen) atoms. The maximum Gasteiger partial charge on any atom is 0.259 e. The molecule has 0 aliphatic carbocycles. The number of aromatic amines is 1. The van der Waals surface area contributed by atoms with Gasteiger partial charge in [0.15, 0.2) is 5.76 Å². The fourth-order valence-corrected chi connectivity index (χ4v) is 4.29. The second-order valence-corrected chi connectivity index (χ2v) is 7.58. The van der Waals surface area contributed by atoms with Crippen LogP contribution >= 0.6 is 0 Å². The molecule has 3 fully saturated rings. The Balaban J connectivity index is 1.26. The van der Waals surface area contributed by atoms with E-state index in [0.29, 0.717) is 30.0 Å². The zero-order valence-electron chi connectivity index (χ0n) is 16.4. The molecule has 2 bridgehead atoms. The van der Waals surface area contributed by atoms with Gasteiger partial charge in [-0.05, 0) is 18.6 Å². The van der Waals surface area contributed by atoms with Crippen LogP contribution in [0.15, 0.2) is 47.4 Å². The summed E-state index contributed by atoms with van der Waals surface area (Å²) in [4.78, 5) is 36.9. The van der Waals surface area contributed by atoms with Crippen LogP contribution in [0.1, 0.15) is 32.9 Å². The first-order valence-corrected chi connectivity index (χ1v) is 9.80. The van der Waals surface area contributed by atoms with Crippen LogP contribution in [0.4, 0.5) is 0 Å². The summed E-state index contributed by atoms with van der Waals surface area (Å²) < 4.78 is 10.2. The average molecular weight is 407 g/mol. The summed E-state index contributed by atoms with van der Waals surface area (Å²) in [6.07, 6.45) is 5.80. The molecular weight excluding hydrogens is 386 g/mol. The highest BCUT2D eigenvalue weighted by molar-refractivity contribution is 5.97. The standard InChI is InChI=1S/C21H21N5O4/c1-29-12-18-17(9-24-30-18)21(28)25-10-15-8-16(11-25)26(15)20(27)14-4-2-13(3-5-14)19-22-6-7-23-19/h2-7,9,15-16H,8,10-12H2,1H3,(H,22,23). The number of imidazole rings is 1. The van der Waals surface area contributed by atoms with Gasteiger partial charge in [-0.15, -0.1) is 0 Å². The topological polar surface area (TPSA) is 105 Å². The van der Waals surface area contributed by atoms with Crippen molar-refractivity contribution in [1.29, 1.82) is 0 Å². The molecule has 9 nitrogen and oxygen atoms in total. The minimum Gasteiger partial charge on any atom is -0.377 e. The smallest absolute Gasteiger partial charge is 0.259 e. The molecule has 3 aliphatic rings. The number of rotatable bonds is 5. The molecule has 0 radical (unpaired) electrons. The van der Waals surface area contributed by atoms with E-state index in [1.807, 2.05) is 29.2 Å². The number of methoxy groups -OCH3 is 1. The third kappa shape index (κ3) is 3.07. The van der Waals surface area contributed by atoms with Crippen molar-refractivity contribution in [2.24, 2.45) is 0 Å². The van der Waals surface area contributed by atoms with E-state index in [1.165, 1.54) is 13.3 Å². The van der Waals surface area contributed by atoms with Gasteiger partial charge >= 0.3 is 0 Å². The SMILES string of the molecule is COCc1oncc1C(=O)N1CC2CC(C1)N2C(=O)c1ccc(-c2ncc[nH]2)cc1.